The van der Waals surface area contributed by atoms with Crippen molar-refractivity contribution in [3.05, 3.63) is 58.5 Å². The molecule has 0 aliphatic heterocycles. The number of alkyl halides is 3. The Morgan fingerprint density at radius 1 is 1.05 bits per heavy atom. The highest BCUT2D eigenvalue weighted by Gasteiger charge is 2.36. The van der Waals surface area contributed by atoms with Gasteiger partial charge in [0.1, 0.15) is 10.7 Å². The summed E-state index contributed by atoms with van der Waals surface area (Å²) in [5.41, 5.74) is -1.84. The topological polar surface area (TPSA) is 150 Å². The first kappa shape index (κ1) is 26.9. The van der Waals surface area contributed by atoms with E-state index in [0.717, 1.165) is 6.07 Å². The Morgan fingerprint density at radius 3 is 2.34 bits per heavy atom. The number of anilines is 2. The Kier molecular flexibility index (Phi) is 7.03. The molecule has 0 aliphatic rings. The normalized spacial score (nSPS) is 11.9. The number of benzene rings is 1. The molecule has 200 valence electrons. The van der Waals surface area contributed by atoms with Gasteiger partial charge in [0, 0.05) is 17.4 Å². The van der Waals surface area contributed by atoms with Crippen LogP contribution in [0.5, 0.6) is 11.9 Å². The molecular formula is C21H17ClF3N7O5S. The zero-order chi connectivity index (χ0) is 27.8. The van der Waals surface area contributed by atoms with Crippen LogP contribution in [0.1, 0.15) is 21.9 Å². The van der Waals surface area contributed by atoms with E-state index in [2.05, 4.69) is 30.1 Å². The van der Waals surface area contributed by atoms with Gasteiger partial charge in [-0.05, 0) is 37.3 Å². The third-order valence-corrected chi connectivity index (χ3v) is 6.62. The molecule has 4 aromatic rings. The second kappa shape index (κ2) is 9.94. The Hall–Kier alpha value is -4.18. The molecule has 4 rings (SSSR count). The number of aryl methyl sites for hydroxylation is 1. The summed E-state index contributed by atoms with van der Waals surface area (Å²) in [5, 5.41) is 5.73. The van der Waals surface area contributed by atoms with Gasteiger partial charge in [0.15, 0.2) is 17.2 Å². The number of halogens is 4. The predicted octanol–water partition coefficient (Wildman–Crippen LogP) is 3.57. The van der Waals surface area contributed by atoms with Crippen LogP contribution in [-0.2, 0) is 16.2 Å². The van der Waals surface area contributed by atoms with Crippen LogP contribution in [-0.4, -0.2) is 53.1 Å². The lowest BCUT2D eigenvalue weighted by Gasteiger charge is -2.10. The molecule has 1 amide bonds. The second-order valence-corrected chi connectivity index (χ2v) is 9.61. The summed E-state index contributed by atoms with van der Waals surface area (Å²) in [6.07, 6.45) is -4.77. The standard InChI is InChI=1S/C21H17ClF3N7O5S/c1-10-8-13(21(23,24)25)32-18(26-10)16(22)17(30-32)19(33)27-11-4-6-12(7-5-11)38(34,35)31-14-9-15(36-2)29-20(28-14)37-3/h4-9H,1-3H3,(H,27,33)(H,28,29,31). The zero-order valence-corrected chi connectivity index (χ0v) is 21.2. The van der Waals surface area contributed by atoms with Crippen LogP contribution in [0.3, 0.4) is 0 Å². The van der Waals surface area contributed by atoms with Crippen molar-refractivity contribution in [3.8, 4) is 11.9 Å². The number of carbonyl (C=O) groups excluding carboxylic acids is 1. The molecule has 1 aromatic carbocycles. The summed E-state index contributed by atoms with van der Waals surface area (Å²) < 4.78 is 78.4. The Balaban J connectivity index is 1.56. The van der Waals surface area contributed by atoms with Crippen LogP contribution < -0.4 is 19.5 Å². The van der Waals surface area contributed by atoms with Gasteiger partial charge in [0.2, 0.25) is 5.88 Å². The molecule has 38 heavy (non-hydrogen) atoms. The minimum Gasteiger partial charge on any atom is -0.481 e. The molecule has 0 unspecified atom stereocenters. The highest BCUT2D eigenvalue weighted by molar-refractivity contribution is 7.92. The van der Waals surface area contributed by atoms with Gasteiger partial charge >= 0.3 is 12.2 Å². The number of hydrogen-bond donors (Lipinski definition) is 2. The second-order valence-electron chi connectivity index (χ2n) is 7.54. The number of fused-ring (bicyclic) bond motifs is 1. The van der Waals surface area contributed by atoms with Crippen molar-refractivity contribution in [2.75, 3.05) is 24.3 Å². The van der Waals surface area contributed by atoms with Crippen LogP contribution in [0.2, 0.25) is 5.02 Å². The van der Waals surface area contributed by atoms with Crippen molar-refractivity contribution in [1.29, 1.82) is 0 Å². The maximum atomic E-state index is 13.4. The fourth-order valence-corrected chi connectivity index (χ4v) is 4.45. The predicted molar refractivity (Wildman–Crippen MR) is 128 cm³/mol. The fraction of sp³-hybridized carbons (Fsp3) is 0.190. The van der Waals surface area contributed by atoms with Crippen molar-refractivity contribution >= 4 is 44.7 Å². The summed E-state index contributed by atoms with van der Waals surface area (Å²) in [5.74, 6) is -0.985. The van der Waals surface area contributed by atoms with E-state index in [9.17, 15) is 26.4 Å². The lowest BCUT2D eigenvalue weighted by atomic mass is 10.3. The number of carbonyl (C=O) groups is 1. The number of amides is 1. The summed E-state index contributed by atoms with van der Waals surface area (Å²) in [6, 6.07) is 6.80. The Morgan fingerprint density at radius 2 is 1.74 bits per heavy atom. The number of methoxy groups -OCH3 is 2. The smallest absolute Gasteiger partial charge is 0.433 e. The molecule has 3 aromatic heterocycles. The molecule has 17 heteroatoms. The number of sulfonamides is 1. The molecule has 0 spiro atoms. The van der Waals surface area contributed by atoms with E-state index in [4.69, 9.17) is 21.1 Å². The van der Waals surface area contributed by atoms with Gasteiger partial charge in [-0.3, -0.25) is 9.52 Å². The van der Waals surface area contributed by atoms with Crippen LogP contribution in [0.25, 0.3) is 5.65 Å². The van der Waals surface area contributed by atoms with Gasteiger partial charge in [-0.15, -0.1) is 0 Å². The number of aromatic nitrogens is 5. The molecule has 0 saturated heterocycles. The summed E-state index contributed by atoms with van der Waals surface area (Å²) in [6.45, 7) is 1.35. The molecular weight excluding hydrogens is 555 g/mol. The minimum atomic E-state index is -4.77. The number of hydrogen-bond acceptors (Lipinski definition) is 9. The number of nitrogens with zero attached hydrogens (tertiary/aromatic N) is 5. The number of rotatable bonds is 7. The Labute approximate surface area is 217 Å². The highest BCUT2D eigenvalue weighted by Crippen LogP contribution is 2.32. The van der Waals surface area contributed by atoms with E-state index < -0.39 is 33.5 Å². The first-order valence-corrected chi connectivity index (χ1v) is 12.2. The molecule has 0 saturated carbocycles. The lowest BCUT2D eigenvalue weighted by Crippen LogP contribution is -2.16. The summed E-state index contributed by atoms with van der Waals surface area (Å²) in [4.78, 5) is 24.3. The van der Waals surface area contributed by atoms with E-state index in [1.807, 2.05) is 0 Å². The average molecular weight is 572 g/mol. The van der Waals surface area contributed by atoms with Crippen LogP contribution >= 0.6 is 11.6 Å². The highest BCUT2D eigenvalue weighted by atomic mass is 35.5. The molecule has 0 bridgehead atoms. The summed E-state index contributed by atoms with van der Waals surface area (Å²) in [7, 11) is -1.49. The Bertz CT molecular complexity index is 1620. The average Bonchev–Trinajstić information content (AvgIpc) is 3.18. The molecule has 12 nitrogen and oxygen atoms in total. The SMILES string of the molecule is COc1cc(NS(=O)(=O)c2ccc(NC(=O)c3nn4c(C(F)(F)F)cc(C)nc4c3Cl)cc2)nc(OC)n1. The van der Waals surface area contributed by atoms with Gasteiger partial charge < -0.3 is 14.8 Å². The molecule has 0 aliphatic carbocycles. The van der Waals surface area contributed by atoms with Crippen LogP contribution in [0.15, 0.2) is 41.3 Å². The van der Waals surface area contributed by atoms with Crippen molar-refractivity contribution in [1.82, 2.24) is 24.6 Å². The molecule has 2 N–H and O–H groups in total. The van der Waals surface area contributed by atoms with Crippen molar-refractivity contribution in [2.45, 2.75) is 18.0 Å². The molecule has 3 heterocycles. The fourth-order valence-electron chi connectivity index (χ4n) is 3.22. The summed E-state index contributed by atoms with van der Waals surface area (Å²) >= 11 is 6.13. The molecule has 0 radical (unpaired) electrons. The number of ether oxygens (including phenoxy) is 2. The number of nitrogens with one attached hydrogen (secondary N) is 2. The zero-order valence-electron chi connectivity index (χ0n) is 19.7. The van der Waals surface area contributed by atoms with E-state index in [1.165, 1.54) is 51.5 Å². The third-order valence-electron chi connectivity index (χ3n) is 4.90. The van der Waals surface area contributed by atoms with Crippen LogP contribution in [0, 0.1) is 6.92 Å². The third kappa shape index (κ3) is 5.40. The van der Waals surface area contributed by atoms with Crippen molar-refractivity contribution in [3.63, 3.8) is 0 Å². The van der Waals surface area contributed by atoms with Gasteiger partial charge in [0.05, 0.1) is 19.1 Å². The lowest BCUT2D eigenvalue weighted by molar-refractivity contribution is -0.142. The monoisotopic (exact) mass is 571 g/mol. The minimum absolute atomic E-state index is 0.0304. The van der Waals surface area contributed by atoms with Gasteiger partial charge in [-0.25, -0.2) is 17.9 Å². The largest absolute Gasteiger partial charge is 0.481 e. The van der Waals surface area contributed by atoms with Crippen molar-refractivity contribution in [2.24, 2.45) is 0 Å². The molecule has 0 atom stereocenters. The van der Waals surface area contributed by atoms with Gasteiger partial charge in [-0.1, -0.05) is 11.6 Å². The van der Waals surface area contributed by atoms with E-state index in [-0.39, 0.29) is 44.7 Å². The van der Waals surface area contributed by atoms with Gasteiger partial charge in [0.25, 0.3) is 15.9 Å². The van der Waals surface area contributed by atoms with E-state index in [1.54, 1.807) is 0 Å². The van der Waals surface area contributed by atoms with E-state index in [0.29, 0.717) is 4.52 Å². The first-order valence-electron chi connectivity index (χ1n) is 10.4. The first-order chi connectivity index (χ1) is 17.8. The molecule has 0 fully saturated rings. The maximum absolute atomic E-state index is 13.4. The maximum Gasteiger partial charge on any atom is 0.433 e. The van der Waals surface area contributed by atoms with E-state index >= 15 is 0 Å². The van der Waals surface area contributed by atoms with Crippen LogP contribution in [0.4, 0.5) is 24.7 Å². The van der Waals surface area contributed by atoms with Gasteiger partial charge in [-0.2, -0.15) is 28.2 Å². The van der Waals surface area contributed by atoms with Crippen molar-refractivity contribution < 1.29 is 35.9 Å². The quantitative estimate of drug-likeness (QED) is 0.339.